The first-order valence-corrected chi connectivity index (χ1v) is 7.58. The fraction of sp³-hybridized carbons (Fsp3) is 0.600. The van der Waals surface area contributed by atoms with E-state index in [4.69, 9.17) is 5.73 Å². The maximum absolute atomic E-state index is 6.01. The maximum atomic E-state index is 6.01. The average Bonchev–Trinajstić information content (AvgIpc) is 2.26. The molecule has 1 aromatic carbocycles. The number of benzene rings is 1. The van der Waals surface area contributed by atoms with E-state index in [1.807, 2.05) is 11.8 Å². The van der Waals surface area contributed by atoms with Crippen LogP contribution in [0.5, 0.6) is 0 Å². The Morgan fingerprint density at radius 3 is 2.33 bits per heavy atom. The van der Waals surface area contributed by atoms with Gasteiger partial charge in [-0.25, -0.2) is 0 Å². The summed E-state index contributed by atoms with van der Waals surface area (Å²) in [5.74, 6) is 1.13. The molecule has 0 fully saturated rings. The van der Waals surface area contributed by atoms with E-state index in [0.717, 1.165) is 25.3 Å². The smallest absolute Gasteiger partial charge is 0.0225 e. The molecule has 0 unspecified atom stereocenters. The molecule has 2 nitrogen and oxygen atoms in total. The lowest BCUT2D eigenvalue weighted by Gasteiger charge is -2.26. The first-order chi connectivity index (χ1) is 8.40. The molecular weight excluding hydrogens is 240 g/mol. The molecule has 0 spiro atoms. The van der Waals surface area contributed by atoms with Crippen LogP contribution in [0.3, 0.4) is 0 Å². The van der Waals surface area contributed by atoms with Gasteiger partial charge in [-0.2, -0.15) is 0 Å². The Hall–Kier alpha value is -0.510. The number of nitrogens with two attached hydrogens (primary N) is 1. The fourth-order valence-electron chi connectivity index (χ4n) is 2.01. The van der Waals surface area contributed by atoms with E-state index >= 15 is 0 Å². The monoisotopic (exact) mass is 266 g/mol. The summed E-state index contributed by atoms with van der Waals surface area (Å²) >= 11 is 1.89. The van der Waals surface area contributed by atoms with Crippen molar-refractivity contribution in [2.24, 2.45) is 5.73 Å². The Morgan fingerprint density at radius 1 is 1.22 bits per heavy atom. The molecule has 18 heavy (non-hydrogen) atoms. The second-order valence-corrected chi connectivity index (χ2v) is 6.89. The van der Waals surface area contributed by atoms with Crippen LogP contribution in [-0.2, 0) is 6.42 Å². The van der Waals surface area contributed by atoms with Crippen LogP contribution in [0.1, 0.15) is 26.3 Å². The van der Waals surface area contributed by atoms with E-state index in [9.17, 15) is 0 Å². The standard InChI is InChI=1S/C15H26N2S/c1-5-18-14-8-6-13(7-9-14)10-11-17(4)12-15(2,3)16/h6-9H,5,10-12,16H2,1-4H3. The lowest BCUT2D eigenvalue weighted by Crippen LogP contribution is -2.44. The first kappa shape index (κ1) is 15.5. The number of likely N-dealkylation sites (N-methyl/N-ethyl adjacent to an activating group) is 1. The highest BCUT2D eigenvalue weighted by Crippen LogP contribution is 2.18. The Bertz CT molecular complexity index is 341. The first-order valence-electron chi connectivity index (χ1n) is 6.60. The minimum absolute atomic E-state index is 0.115. The van der Waals surface area contributed by atoms with E-state index in [-0.39, 0.29) is 5.54 Å². The van der Waals surface area contributed by atoms with Crippen LogP contribution in [-0.4, -0.2) is 36.3 Å². The van der Waals surface area contributed by atoms with Gasteiger partial charge in [-0.3, -0.25) is 0 Å². The van der Waals surface area contributed by atoms with Gasteiger partial charge in [-0.1, -0.05) is 19.1 Å². The zero-order chi connectivity index (χ0) is 13.6. The molecule has 0 aliphatic heterocycles. The molecular formula is C15H26N2S. The zero-order valence-corrected chi connectivity index (χ0v) is 12.9. The minimum atomic E-state index is -0.115. The van der Waals surface area contributed by atoms with Crippen LogP contribution in [0.25, 0.3) is 0 Å². The number of hydrogen-bond acceptors (Lipinski definition) is 3. The SMILES string of the molecule is CCSc1ccc(CCN(C)CC(C)(C)N)cc1. The summed E-state index contributed by atoms with van der Waals surface area (Å²) in [4.78, 5) is 3.66. The van der Waals surface area contributed by atoms with Gasteiger partial charge in [0.05, 0.1) is 0 Å². The van der Waals surface area contributed by atoms with E-state index in [1.54, 1.807) is 0 Å². The Kier molecular flexibility index (Phi) is 6.19. The Morgan fingerprint density at radius 2 is 1.83 bits per heavy atom. The van der Waals surface area contributed by atoms with Crippen LogP contribution in [0, 0.1) is 0 Å². The molecule has 0 atom stereocenters. The highest BCUT2D eigenvalue weighted by molar-refractivity contribution is 7.99. The Balaban J connectivity index is 2.39. The second kappa shape index (κ2) is 7.17. The second-order valence-electron chi connectivity index (χ2n) is 5.55. The fourth-order valence-corrected chi connectivity index (χ4v) is 2.68. The van der Waals surface area contributed by atoms with Gasteiger partial charge < -0.3 is 10.6 Å². The number of thioether (sulfide) groups is 1. The van der Waals surface area contributed by atoms with Gasteiger partial charge in [0.25, 0.3) is 0 Å². The molecule has 102 valence electrons. The third kappa shape index (κ3) is 6.43. The molecule has 0 bridgehead atoms. The number of rotatable bonds is 7. The topological polar surface area (TPSA) is 29.3 Å². The molecule has 1 rings (SSSR count). The third-order valence-corrected chi connectivity index (χ3v) is 3.59. The summed E-state index contributed by atoms with van der Waals surface area (Å²) in [6, 6.07) is 8.91. The van der Waals surface area contributed by atoms with Crippen LogP contribution in [0.2, 0.25) is 0 Å². The van der Waals surface area contributed by atoms with Crippen LogP contribution < -0.4 is 5.73 Å². The molecule has 2 N–H and O–H groups in total. The van der Waals surface area contributed by atoms with Crippen molar-refractivity contribution in [1.29, 1.82) is 0 Å². The summed E-state index contributed by atoms with van der Waals surface area (Å²) in [7, 11) is 2.13. The van der Waals surface area contributed by atoms with E-state index in [1.165, 1.54) is 10.5 Å². The lowest BCUT2D eigenvalue weighted by molar-refractivity contribution is 0.273. The third-order valence-electron chi connectivity index (χ3n) is 2.69. The van der Waals surface area contributed by atoms with Gasteiger partial charge in [0.15, 0.2) is 0 Å². The summed E-state index contributed by atoms with van der Waals surface area (Å²) in [6.07, 6.45) is 1.09. The predicted octanol–water partition coefficient (Wildman–Crippen LogP) is 3.01. The highest BCUT2D eigenvalue weighted by Gasteiger charge is 2.13. The quantitative estimate of drug-likeness (QED) is 0.769. The van der Waals surface area contributed by atoms with Gasteiger partial charge >= 0.3 is 0 Å². The molecule has 0 saturated carbocycles. The van der Waals surface area contributed by atoms with E-state index < -0.39 is 0 Å². The highest BCUT2D eigenvalue weighted by atomic mass is 32.2. The van der Waals surface area contributed by atoms with Crippen molar-refractivity contribution in [2.75, 3.05) is 25.9 Å². The van der Waals surface area contributed by atoms with Crippen molar-refractivity contribution >= 4 is 11.8 Å². The van der Waals surface area contributed by atoms with Crippen LogP contribution in [0.15, 0.2) is 29.2 Å². The molecule has 0 aliphatic carbocycles. The van der Waals surface area contributed by atoms with Gasteiger partial charge in [0.2, 0.25) is 0 Å². The largest absolute Gasteiger partial charge is 0.324 e. The van der Waals surface area contributed by atoms with Crippen molar-refractivity contribution in [2.45, 2.75) is 37.6 Å². The maximum Gasteiger partial charge on any atom is 0.0225 e. The molecule has 1 aromatic rings. The predicted molar refractivity (Wildman–Crippen MR) is 82.3 cm³/mol. The van der Waals surface area contributed by atoms with Crippen LogP contribution >= 0.6 is 11.8 Å². The van der Waals surface area contributed by atoms with Crippen molar-refractivity contribution in [3.8, 4) is 0 Å². The molecule has 0 aliphatic rings. The van der Waals surface area contributed by atoms with Gasteiger partial charge in [-0.15, -0.1) is 11.8 Å². The number of nitrogens with zero attached hydrogens (tertiary/aromatic N) is 1. The van der Waals surface area contributed by atoms with Gasteiger partial charge in [-0.05, 0) is 50.8 Å². The van der Waals surface area contributed by atoms with E-state index in [0.29, 0.717) is 0 Å². The van der Waals surface area contributed by atoms with Crippen molar-refractivity contribution in [3.63, 3.8) is 0 Å². The molecule has 0 heterocycles. The van der Waals surface area contributed by atoms with Gasteiger partial charge in [0, 0.05) is 23.5 Å². The zero-order valence-electron chi connectivity index (χ0n) is 12.1. The molecule has 0 aromatic heterocycles. The van der Waals surface area contributed by atoms with E-state index in [2.05, 4.69) is 57.0 Å². The Labute approximate surface area is 116 Å². The van der Waals surface area contributed by atoms with Crippen molar-refractivity contribution < 1.29 is 0 Å². The summed E-state index contributed by atoms with van der Waals surface area (Å²) in [5.41, 5.74) is 7.30. The minimum Gasteiger partial charge on any atom is -0.324 e. The normalized spacial score (nSPS) is 12.1. The molecule has 0 radical (unpaired) electrons. The summed E-state index contributed by atoms with van der Waals surface area (Å²) in [5, 5.41) is 0. The lowest BCUT2D eigenvalue weighted by atomic mass is 10.1. The number of hydrogen-bond donors (Lipinski definition) is 1. The average molecular weight is 266 g/mol. The summed E-state index contributed by atoms with van der Waals surface area (Å²) < 4.78 is 0. The van der Waals surface area contributed by atoms with Crippen LogP contribution in [0.4, 0.5) is 0 Å². The molecule has 3 heteroatoms. The molecule has 0 amide bonds. The van der Waals surface area contributed by atoms with Crippen molar-refractivity contribution in [1.82, 2.24) is 4.90 Å². The van der Waals surface area contributed by atoms with Gasteiger partial charge in [0.1, 0.15) is 0 Å². The summed E-state index contributed by atoms with van der Waals surface area (Å²) in [6.45, 7) is 8.31. The van der Waals surface area contributed by atoms with Crippen molar-refractivity contribution in [3.05, 3.63) is 29.8 Å². The molecule has 0 saturated heterocycles.